The van der Waals surface area contributed by atoms with Crippen LogP contribution in [0.25, 0.3) is 0 Å². The fraction of sp³-hybridized carbons (Fsp3) is 0.462. The monoisotopic (exact) mass is 286 g/mol. The molecule has 3 nitrogen and oxygen atoms in total. The van der Waals surface area contributed by atoms with Crippen molar-refractivity contribution in [3.8, 4) is 0 Å². The van der Waals surface area contributed by atoms with Crippen LogP contribution in [0.5, 0.6) is 0 Å². The van der Waals surface area contributed by atoms with Gasteiger partial charge in [-0.1, -0.05) is 24.6 Å². The molecule has 0 fully saturated rings. The number of thiophene rings is 1. The second kappa shape index (κ2) is 7.56. The van der Waals surface area contributed by atoms with Gasteiger partial charge in [-0.2, -0.15) is 0 Å². The molecular formula is C13H19ClN2OS. The minimum absolute atomic E-state index is 0.0874. The van der Waals surface area contributed by atoms with Crippen LogP contribution in [-0.4, -0.2) is 23.9 Å². The van der Waals surface area contributed by atoms with Gasteiger partial charge in [0.25, 0.3) is 0 Å². The molecule has 0 spiro atoms. The first-order valence-corrected chi connectivity index (χ1v) is 7.15. The molecule has 1 amide bonds. The van der Waals surface area contributed by atoms with Crippen LogP contribution < -0.4 is 5.73 Å². The molecule has 5 heteroatoms. The van der Waals surface area contributed by atoms with Crippen molar-refractivity contribution in [3.05, 3.63) is 34.0 Å². The number of carbonyl (C=O) groups excluding carboxylic acids is 1. The molecule has 0 aliphatic carbocycles. The van der Waals surface area contributed by atoms with Gasteiger partial charge in [-0.05, 0) is 18.6 Å². The fourth-order valence-electron chi connectivity index (χ4n) is 1.71. The second-order valence-corrected chi connectivity index (χ2v) is 5.85. The Balaban J connectivity index is 2.75. The maximum atomic E-state index is 12.3. The van der Waals surface area contributed by atoms with Crippen LogP contribution in [0, 0.1) is 5.92 Å². The van der Waals surface area contributed by atoms with Crippen molar-refractivity contribution >= 4 is 28.8 Å². The maximum Gasteiger partial charge on any atom is 0.227 e. The number of hydrogen-bond donors (Lipinski definition) is 1. The minimum Gasteiger partial charge on any atom is -0.334 e. The van der Waals surface area contributed by atoms with E-state index in [-0.39, 0.29) is 11.8 Å². The normalized spacial score (nSPS) is 12.2. The van der Waals surface area contributed by atoms with Crippen molar-refractivity contribution in [2.75, 3.05) is 13.1 Å². The highest BCUT2D eigenvalue weighted by Gasteiger charge is 2.21. The van der Waals surface area contributed by atoms with E-state index in [1.807, 2.05) is 19.1 Å². The minimum atomic E-state index is -0.111. The molecule has 0 aliphatic heterocycles. The summed E-state index contributed by atoms with van der Waals surface area (Å²) < 4.78 is 0.738. The number of rotatable bonds is 7. The van der Waals surface area contributed by atoms with Gasteiger partial charge in [0.1, 0.15) is 0 Å². The molecule has 0 saturated carbocycles. The summed E-state index contributed by atoms with van der Waals surface area (Å²) in [5.74, 6) is -0.0233. The van der Waals surface area contributed by atoms with Gasteiger partial charge in [0.15, 0.2) is 0 Å². The van der Waals surface area contributed by atoms with E-state index in [0.717, 1.165) is 15.6 Å². The topological polar surface area (TPSA) is 46.3 Å². The Labute approximate surface area is 117 Å². The molecule has 0 aliphatic rings. The van der Waals surface area contributed by atoms with E-state index >= 15 is 0 Å². The average molecular weight is 287 g/mol. The van der Waals surface area contributed by atoms with Crippen LogP contribution in [0.1, 0.15) is 18.2 Å². The molecule has 0 aromatic carbocycles. The van der Waals surface area contributed by atoms with Gasteiger partial charge in [0.05, 0.1) is 16.8 Å². The summed E-state index contributed by atoms with van der Waals surface area (Å²) in [5.41, 5.74) is 5.62. The molecule has 0 radical (unpaired) electrons. The Bertz CT molecular complexity index is 401. The molecule has 1 unspecified atom stereocenters. The Morgan fingerprint density at radius 1 is 1.67 bits per heavy atom. The van der Waals surface area contributed by atoms with Gasteiger partial charge in [-0.3, -0.25) is 4.79 Å². The number of amides is 1. The molecule has 2 N–H and O–H groups in total. The van der Waals surface area contributed by atoms with Crippen molar-refractivity contribution in [1.82, 2.24) is 4.90 Å². The highest BCUT2D eigenvalue weighted by atomic mass is 35.5. The molecule has 1 atom stereocenters. The zero-order valence-corrected chi connectivity index (χ0v) is 12.1. The predicted molar refractivity (Wildman–Crippen MR) is 77.8 cm³/mol. The van der Waals surface area contributed by atoms with Crippen molar-refractivity contribution in [2.45, 2.75) is 19.9 Å². The maximum absolute atomic E-state index is 12.3. The Kier molecular flexibility index (Phi) is 6.39. The first-order valence-electron chi connectivity index (χ1n) is 5.96. The van der Waals surface area contributed by atoms with Crippen molar-refractivity contribution in [1.29, 1.82) is 0 Å². The molecule has 1 aromatic rings. The highest BCUT2D eigenvalue weighted by Crippen LogP contribution is 2.23. The van der Waals surface area contributed by atoms with Crippen molar-refractivity contribution in [2.24, 2.45) is 11.7 Å². The first-order chi connectivity index (χ1) is 8.62. The molecule has 1 rings (SSSR count). The van der Waals surface area contributed by atoms with Gasteiger partial charge >= 0.3 is 0 Å². The summed E-state index contributed by atoms with van der Waals surface area (Å²) >= 11 is 7.38. The quantitative estimate of drug-likeness (QED) is 0.784. The summed E-state index contributed by atoms with van der Waals surface area (Å²) in [6.45, 7) is 7.15. The molecule has 1 heterocycles. The van der Waals surface area contributed by atoms with E-state index in [9.17, 15) is 4.79 Å². The molecule has 1 aromatic heterocycles. The number of nitrogens with two attached hydrogens (primary N) is 1. The van der Waals surface area contributed by atoms with E-state index in [1.54, 1.807) is 11.0 Å². The number of carbonyl (C=O) groups is 1. The van der Waals surface area contributed by atoms with Crippen LogP contribution in [0.15, 0.2) is 24.8 Å². The number of hydrogen-bond acceptors (Lipinski definition) is 3. The van der Waals surface area contributed by atoms with E-state index in [0.29, 0.717) is 19.6 Å². The lowest BCUT2D eigenvalue weighted by atomic mass is 10.1. The lowest BCUT2D eigenvalue weighted by molar-refractivity contribution is -0.135. The summed E-state index contributed by atoms with van der Waals surface area (Å²) in [7, 11) is 0. The molecule has 18 heavy (non-hydrogen) atoms. The van der Waals surface area contributed by atoms with E-state index in [1.165, 1.54) is 11.3 Å². The SMILES string of the molecule is C=CCN(Cc1ccc(Cl)s1)C(=O)C(CC)CN. The summed E-state index contributed by atoms with van der Waals surface area (Å²) in [6, 6.07) is 3.79. The second-order valence-electron chi connectivity index (χ2n) is 4.05. The van der Waals surface area contributed by atoms with Crippen LogP contribution in [-0.2, 0) is 11.3 Å². The van der Waals surface area contributed by atoms with Crippen LogP contribution in [0.2, 0.25) is 4.34 Å². The molecule has 100 valence electrons. The largest absolute Gasteiger partial charge is 0.334 e. The highest BCUT2D eigenvalue weighted by molar-refractivity contribution is 7.16. The predicted octanol–water partition coefficient (Wildman–Crippen LogP) is 2.90. The van der Waals surface area contributed by atoms with Crippen LogP contribution in [0.4, 0.5) is 0 Å². The first kappa shape index (κ1) is 15.2. The zero-order chi connectivity index (χ0) is 13.5. The van der Waals surface area contributed by atoms with E-state index in [4.69, 9.17) is 17.3 Å². The lowest BCUT2D eigenvalue weighted by Crippen LogP contribution is -2.38. The third-order valence-electron chi connectivity index (χ3n) is 2.76. The summed E-state index contributed by atoms with van der Waals surface area (Å²) in [5, 5.41) is 0. The number of nitrogens with zero attached hydrogens (tertiary/aromatic N) is 1. The van der Waals surface area contributed by atoms with E-state index in [2.05, 4.69) is 6.58 Å². The Hall–Kier alpha value is -0.840. The number of halogens is 1. The van der Waals surface area contributed by atoms with Crippen molar-refractivity contribution < 1.29 is 4.79 Å². The lowest BCUT2D eigenvalue weighted by Gasteiger charge is -2.24. The Morgan fingerprint density at radius 3 is 2.83 bits per heavy atom. The van der Waals surface area contributed by atoms with Crippen LogP contribution >= 0.6 is 22.9 Å². The average Bonchev–Trinajstić information content (AvgIpc) is 2.75. The van der Waals surface area contributed by atoms with E-state index < -0.39 is 0 Å². The van der Waals surface area contributed by atoms with Crippen molar-refractivity contribution in [3.63, 3.8) is 0 Å². The standard InChI is InChI=1S/C13H19ClN2OS/c1-3-7-16(13(17)10(4-2)8-15)9-11-5-6-12(14)18-11/h3,5-6,10H,1,4,7-9,15H2,2H3. The van der Waals surface area contributed by atoms with Gasteiger partial charge in [0, 0.05) is 18.0 Å². The van der Waals surface area contributed by atoms with Gasteiger partial charge < -0.3 is 10.6 Å². The third-order valence-corrected chi connectivity index (χ3v) is 3.98. The van der Waals surface area contributed by atoms with Gasteiger partial charge in [-0.15, -0.1) is 17.9 Å². The van der Waals surface area contributed by atoms with Gasteiger partial charge in [0.2, 0.25) is 5.91 Å². The summed E-state index contributed by atoms with van der Waals surface area (Å²) in [6.07, 6.45) is 2.49. The fourth-order valence-corrected chi connectivity index (χ4v) is 2.82. The zero-order valence-electron chi connectivity index (χ0n) is 10.6. The molecular weight excluding hydrogens is 268 g/mol. The Morgan fingerprint density at radius 2 is 2.39 bits per heavy atom. The summed E-state index contributed by atoms with van der Waals surface area (Å²) in [4.78, 5) is 15.1. The van der Waals surface area contributed by atoms with Crippen LogP contribution in [0.3, 0.4) is 0 Å². The molecule has 0 saturated heterocycles. The smallest absolute Gasteiger partial charge is 0.227 e. The third kappa shape index (κ3) is 4.12. The molecule has 0 bridgehead atoms. The van der Waals surface area contributed by atoms with Gasteiger partial charge in [-0.25, -0.2) is 0 Å².